The number of rotatable bonds is 4. The average Bonchev–Trinajstić information content (AvgIpc) is 2.95. The summed E-state index contributed by atoms with van der Waals surface area (Å²) in [7, 11) is -3.02. The Balaban J connectivity index is 1.61. The lowest BCUT2D eigenvalue weighted by molar-refractivity contribution is 0.355. The molecule has 0 aliphatic heterocycles. The Hall–Kier alpha value is -0.840. The fourth-order valence-electron chi connectivity index (χ4n) is 3.57. The van der Waals surface area contributed by atoms with Crippen molar-refractivity contribution in [2.45, 2.75) is 57.7 Å². The first kappa shape index (κ1) is 15.1. The highest BCUT2D eigenvalue weighted by Crippen LogP contribution is 2.51. The van der Waals surface area contributed by atoms with Gasteiger partial charge in [0.2, 0.25) is 0 Å². The molecular weight excluding hydrogens is 284 g/mol. The number of hydrogen-bond acceptors (Lipinski definition) is 3. The van der Waals surface area contributed by atoms with Crippen molar-refractivity contribution in [2.75, 3.05) is 5.75 Å². The summed E-state index contributed by atoms with van der Waals surface area (Å²) in [6.07, 6.45) is 8.38. The van der Waals surface area contributed by atoms with Crippen LogP contribution in [0.1, 0.15) is 52.0 Å². The zero-order chi connectivity index (χ0) is 15.3. The number of fused-ring (bicyclic) bond motifs is 1. The molecule has 1 aromatic heterocycles. The van der Waals surface area contributed by atoms with Crippen LogP contribution in [0.5, 0.6) is 0 Å². The van der Waals surface area contributed by atoms with Gasteiger partial charge in [-0.25, -0.2) is 8.42 Å². The molecule has 1 heterocycles. The maximum atomic E-state index is 12.4. The molecule has 3 unspecified atom stereocenters. The van der Waals surface area contributed by atoms with Crippen molar-refractivity contribution in [3.63, 3.8) is 0 Å². The summed E-state index contributed by atoms with van der Waals surface area (Å²) in [4.78, 5) is 0. The molecule has 0 spiro atoms. The third-order valence-electron chi connectivity index (χ3n) is 4.85. The van der Waals surface area contributed by atoms with E-state index < -0.39 is 9.84 Å². The molecule has 3 rings (SSSR count). The van der Waals surface area contributed by atoms with Gasteiger partial charge in [-0.05, 0) is 64.2 Å². The van der Waals surface area contributed by atoms with E-state index in [-0.39, 0.29) is 11.3 Å². The van der Waals surface area contributed by atoms with Crippen LogP contribution < -0.4 is 0 Å². The van der Waals surface area contributed by atoms with Crippen LogP contribution >= 0.6 is 0 Å². The monoisotopic (exact) mass is 310 g/mol. The van der Waals surface area contributed by atoms with Gasteiger partial charge in [0.15, 0.2) is 9.84 Å². The van der Waals surface area contributed by atoms with Crippen LogP contribution in [-0.2, 0) is 21.1 Å². The van der Waals surface area contributed by atoms with Gasteiger partial charge in [0, 0.05) is 11.8 Å². The third kappa shape index (κ3) is 3.68. The zero-order valence-electron chi connectivity index (χ0n) is 13.2. The van der Waals surface area contributed by atoms with Crippen LogP contribution in [0.3, 0.4) is 0 Å². The molecule has 2 saturated carbocycles. The topological polar surface area (TPSA) is 52.0 Å². The van der Waals surface area contributed by atoms with E-state index in [4.69, 9.17) is 0 Å². The summed E-state index contributed by atoms with van der Waals surface area (Å²) >= 11 is 0. The lowest BCUT2D eigenvalue weighted by atomic mass is 9.91. The van der Waals surface area contributed by atoms with E-state index in [2.05, 4.69) is 25.9 Å². The Labute approximate surface area is 127 Å². The van der Waals surface area contributed by atoms with Crippen LogP contribution in [0.25, 0.3) is 0 Å². The van der Waals surface area contributed by atoms with Crippen molar-refractivity contribution in [3.8, 4) is 0 Å². The molecule has 3 atom stereocenters. The van der Waals surface area contributed by atoms with Gasteiger partial charge in [0.25, 0.3) is 0 Å². The number of nitrogens with zero attached hydrogens (tertiary/aromatic N) is 2. The summed E-state index contributed by atoms with van der Waals surface area (Å²) in [5.74, 6) is 2.64. The second kappa shape index (κ2) is 5.11. The van der Waals surface area contributed by atoms with E-state index in [0.717, 1.165) is 30.2 Å². The van der Waals surface area contributed by atoms with Gasteiger partial charge in [-0.2, -0.15) is 5.10 Å². The van der Waals surface area contributed by atoms with Gasteiger partial charge < -0.3 is 0 Å². The molecule has 2 aliphatic carbocycles. The molecular formula is C16H26N2O2S. The predicted molar refractivity (Wildman–Crippen MR) is 83.7 cm³/mol. The fourth-order valence-corrected chi connectivity index (χ4v) is 5.37. The molecule has 0 amide bonds. The zero-order valence-corrected chi connectivity index (χ0v) is 14.1. The van der Waals surface area contributed by atoms with Crippen molar-refractivity contribution in [2.24, 2.45) is 17.8 Å². The van der Waals surface area contributed by atoms with Crippen LogP contribution in [-0.4, -0.2) is 24.0 Å². The minimum absolute atomic E-state index is 0.105. The molecule has 21 heavy (non-hydrogen) atoms. The van der Waals surface area contributed by atoms with Gasteiger partial charge in [-0.1, -0.05) is 0 Å². The smallest absolute Gasteiger partial charge is 0.154 e. The Kier molecular flexibility index (Phi) is 3.67. The summed E-state index contributed by atoms with van der Waals surface area (Å²) in [5, 5.41) is 4.29. The summed E-state index contributed by atoms with van der Waals surface area (Å²) in [6, 6.07) is 0. The van der Waals surface area contributed by atoms with Gasteiger partial charge in [0.05, 0.1) is 23.2 Å². The Morgan fingerprint density at radius 2 is 2.00 bits per heavy atom. The van der Waals surface area contributed by atoms with Crippen molar-refractivity contribution in [1.82, 2.24) is 9.78 Å². The fraction of sp³-hybridized carbons (Fsp3) is 0.812. The van der Waals surface area contributed by atoms with Gasteiger partial charge >= 0.3 is 0 Å². The van der Waals surface area contributed by atoms with Crippen LogP contribution in [0.4, 0.5) is 0 Å². The summed E-state index contributed by atoms with van der Waals surface area (Å²) in [5.41, 5.74) is 0.705. The molecule has 0 aromatic carbocycles. The standard InChI is InChI=1S/C16H26N2O2S/c1-16(2,3)18-9-13(8-17-18)11-21(19,20)10-12-4-5-14-7-15(14)6-12/h8-9,12,14-15H,4-7,10-11H2,1-3H3. The minimum Gasteiger partial charge on any atom is -0.267 e. The Morgan fingerprint density at radius 3 is 2.62 bits per heavy atom. The first-order chi connectivity index (χ1) is 9.73. The molecule has 0 bridgehead atoms. The van der Waals surface area contributed by atoms with E-state index in [1.165, 1.54) is 12.8 Å². The minimum atomic E-state index is -3.02. The van der Waals surface area contributed by atoms with E-state index in [1.807, 2.05) is 10.9 Å². The quantitative estimate of drug-likeness (QED) is 0.859. The lowest BCUT2D eigenvalue weighted by Gasteiger charge is -2.21. The molecule has 1 aromatic rings. The molecule has 0 saturated heterocycles. The van der Waals surface area contributed by atoms with Crippen LogP contribution in [0, 0.1) is 17.8 Å². The number of sulfone groups is 1. The summed E-state index contributed by atoms with van der Waals surface area (Å²) in [6.45, 7) is 6.19. The largest absolute Gasteiger partial charge is 0.267 e. The summed E-state index contributed by atoms with van der Waals surface area (Å²) < 4.78 is 26.7. The maximum absolute atomic E-state index is 12.4. The molecule has 4 nitrogen and oxygen atoms in total. The molecule has 2 fully saturated rings. The maximum Gasteiger partial charge on any atom is 0.154 e. The number of aromatic nitrogens is 2. The van der Waals surface area contributed by atoms with E-state index >= 15 is 0 Å². The number of hydrogen-bond donors (Lipinski definition) is 0. The normalized spacial score (nSPS) is 29.2. The molecule has 0 radical (unpaired) electrons. The van der Waals surface area contributed by atoms with Gasteiger partial charge in [-0.15, -0.1) is 0 Å². The van der Waals surface area contributed by atoms with E-state index in [0.29, 0.717) is 11.7 Å². The lowest BCUT2D eigenvalue weighted by Crippen LogP contribution is -2.22. The second-order valence-electron chi connectivity index (χ2n) is 7.95. The first-order valence-electron chi connectivity index (χ1n) is 7.97. The average molecular weight is 310 g/mol. The first-order valence-corrected chi connectivity index (χ1v) is 9.79. The van der Waals surface area contributed by atoms with Crippen LogP contribution in [0.15, 0.2) is 12.4 Å². The van der Waals surface area contributed by atoms with E-state index in [1.54, 1.807) is 6.20 Å². The van der Waals surface area contributed by atoms with E-state index in [9.17, 15) is 8.42 Å². The molecule has 2 aliphatic rings. The van der Waals surface area contributed by atoms with Crippen molar-refractivity contribution in [3.05, 3.63) is 18.0 Å². The second-order valence-corrected chi connectivity index (χ2v) is 10.1. The third-order valence-corrected chi connectivity index (χ3v) is 6.60. The predicted octanol–water partition coefficient (Wildman–Crippen LogP) is 2.99. The SMILES string of the molecule is CC(C)(C)n1cc(CS(=O)(=O)CC2CCC3CC3C2)cn1. The van der Waals surface area contributed by atoms with Crippen molar-refractivity contribution in [1.29, 1.82) is 0 Å². The molecule has 118 valence electrons. The van der Waals surface area contributed by atoms with Crippen LogP contribution in [0.2, 0.25) is 0 Å². The van der Waals surface area contributed by atoms with Gasteiger partial charge in [-0.3, -0.25) is 4.68 Å². The highest BCUT2D eigenvalue weighted by atomic mass is 32.2. The highest BCUT2D eigenvalue weighted by Gasteiger charge is 2.42. The Bertz CT molecular complexity index is 612. The Morgan fingerprint density at radius 1 is 1.24 bits per heavy atom. The molecule has 0 N–H and O–H groups in total. The van der Waals surface area contributed by atoms with Crippen molar-refractivity contribution >= 4 is 9.84 Å². The molecule has 5 heteroatoms. The highest BCUT2D eigenvalue weighted by molar-refractivity contribution is 7.90. The van der Waals surface area contributed by atoms with Crippen molar-refractivity contribution < 1.29 is 8.42 Å². The van der Waals surface area contributed by atoms with Gasteiger partial charge in [0.1, 0.15) is 0 Å².